The molecule has 0 aliphatic carbocycles. The number of nitrogens with two attached hydrogens (primary N) is 1. The SMILES string of the molecule is CC.NC(=O)CCc1nnc2n(c1=O)N=CCS2. The summed E-state index contributed by atoms with van der Waals surface area (Å²) >= 11 is 1.38. The molecule has 8 heteroatoms. The van der Waals surface area contributed by atoms with Crippen LogP contribution in [-0.2, 0) is 11.2 Å². The highest BCUT2D eigenvalue weighted by Crippen LogP contribution is 2.14. The summed E-state index contributed by atoms with van der Waals surface area (Å²) in [6.07, 6.45) is 1.90. The fraction of sp³-hybridized carbons (Fsp3) is 0.500. The van der Waals surface area contributed by atoms with Gasteiger partial charge in [-0.05, 0) is 0 Å². The number of carbonyl (C=O) groups excluding carboxylic acids is 1. The van der Waals surface area contributed by atoms with Crippen molar-refractivity contribution in [2.24, 2.45) is 10.8 Å². The van der Waals surface area contributed by atoms with E-state index in [1.807, 2.05) is 13.8 Å². The maximum Gasteiger partial charge on any atom is 0.296 e. The van der Waals surface area contributed by atoms with Crippen LogP contribution in [0.15, 0.2) is 15.1 Å². The fourth-order valence-electron chi connectivity index (χ4n) is 1.21. The second-order valence-electron chi connectivity index (χ2n) is 3.12. The fourth-order valence-corrected chi connectivity index (χ4v) is 1.86. The molecule has 1 aliphatic heterocycles. The lowest BCUT2D eigenvalue weighted by molar-refractivity contribution is -0.118. The minimum atomic E-state index is -0.471. The van der Waals surface area contributed by atoms with Gasteiger partial charge in [-0.25, -0.2) is 0 Å². The number of primary amides is 1. The van der Waals surface area contributed by atoms with E-state index in [-0.39, 0.29) is 24.1 Å². The standard InChI is InChI=1S/C8H9N5O2S.C2H6/c9-6(14)2-1-5-7(15)13-8(12-11-5)16-4-3-10-13;1-2/h3H,1-2,4H2,(H2,9,14);1-2H3. The summed E-state index contributed by atoms with van der Waals surface area (Å²) in [5, 5.41) is 12.0. The van der Waals surface area contributed by atoms with Crippen LogP contribution in [0.3, 0.4) is 0 Å². The third-order valence-corrected chi connectivity index (χ3v) is 2.80. The normalized spacial score (nSPS) is 12.3. The Morgan fingerprint density at radius 3 is 2.89 bits per heavy atom. The van der Waals surface area contributed by atoms with Crippen molar-refractivity contribution in [2.75, 3.05) is 5.75 Å². The van der Waals surface area contributed by atoms with Gasteiger partial charge in [-0.2, -0.15) is 9.78 Å². The van der Waals surface area contributed by atoms with Crippen LogP contribution in [0.25, 0.3) is 0 Å². The van der Waals surface area contributed by atoms with Crippen molar-refractivity contribution in [3.63, 3.8) is 0 Å². The van der Waals surface area contributed by atoms with Crippen molar-refractivity contribution in [1.82, 2.24) is 14.9 Å². The smallest absolute Gasteiger partial charge is 0.296 e. The van der Waals surface area contributed by atoms with Crippen LogP contribution in [0.5, 0.6) is 0 Å². The minimum Gasteiger partial charge on any atom is -0.370 e. The van der Waals surface area contributed by atoms with Gasteiger partial charge in [0.15, 0.2) is 0 Å². The molecule has 7 nitrogen and oxygen atoms in total. The van der Waals surface area contributed by atoms with Gasteiger partial charge in [0.05, 0.1) is 0 Å². The van der Waals surface area contributed by atoms with Crippen molar-refractivity contribution in [3.05, 3.63) is 16.0 Å². The Kier molecular flexibility index (Phi) is 5.50. The van der Waals surface area contributed by atoms with Crippen LogP contribution >= 0.6 is 11.8 Å². The predicted molar refractivity (Wildman–Crippen MR) is 69.8 cm³/mol. The summed E-state index contributed by atoms with van der Waals surface area (Å²) in [4.78, 5) is 22.4. The zero-order chi connectivity index (χ0) is 13.5. The Morgan fingerprint density at radius 1 is 1.50 bits per heavy atom. The lowest BCUT2D eigenvalue weighted by Crippen LogP contribution is -2.28. The molecule has 1 amide bonds. The van der Waals surface area contributed by atoms with E-state index in [9.17, 15) is 9.59 Å². The molecule has 0 aromatic carbocycles. The first-order valence-corrected chi connectivity index (χ1v) is 6.59. The summed E-state index contributed by atoms with van der Waals surface area (Å²) in [6.45, 7) is 4.00. The lowest BCUT2D eigenvalue weighted by Gasteiger charge is -2.09. The quantitative estimate of drug-likeness (QED) is 0.833. The van der Waals surface area contributed by atoms with E-state index in [4.69, 9.17) is 5.73 Å². The molecule has 0 radical (unpaired) electrons. The van der Waals surface area contributed by atoms with Crippen LogP contribution in [0.4, 0.5) is 0 Å². The molecule has 0 atom stereocenters. The zero-order valence-corrected chi connectivity index (χ0v) is 11.1. The van der Waals surface area contributed by atoms with Gasteiger partial charge in [0.25, 0.3) is 5.56 Å². The third-order valence-electron chi connectivity index (χ3n) is 1.97. The molecule has 0 fully saturated rings. The first-order valence-electron chi connectivity index (χ1n) is 5.61. The maximum atomic E-state index is 11.8. The molecule has 1 aromatic heterocycles. The van der Waals surface area contributed by atoms with Crippen LogP contribution < -0.4 is 11.3 Å². The topological polar surface area (TPSA) is 103 Å². The first kappa shape index (κ1) is 14.4. The highest BCUT2D eigenvalue weighted by Gasteiger charge is 2.14. The van der Waals surface area contributed by atoms with E-state index in [0.717, 1.165) is 0 Å². The average Bonchev–Trinajstić information content (AvgIpc) is 2.40. The summed E-state index contributed by atoms with van der Waals surface area (Å²) in [7, 11) is 0. The average molecular weight is 269 g/mol. The molecule has 0 spiro atoms. The lowest BCUT2D eigenvalue weighted by atomic mass is 10.2. The molecule has 18 heavy (non-hydrogen) atoms. The van der Waals surface area contributed by atoms with E-state index >= 15 is 0 Å². The van der Waals surface area contributed by atoms with Crippen LogP contribution in [-0.4, -0.2) is 32.7 Å². The molecular weight excluding hydrogens is 254 g/mol. The largest absolute Gasteiger partial charge is 0.370 e. The van der Waals surface area contributed by atoms with E-state index in [0.29, 0.717) is 10.9 Å². The molecule has 0 saturated heterocycles. The Hall–Kier alpha value is -1.70. The van der Waals surface area contributed by atoms with E-state index in [2.05, 4.69) is 15.3 Å². The van der Waals surface area contributed by atoms with Gasteiger partial charge >= 0.3 is 0 Å². The second kappa shape index (κ2) is 6.90. The number of rotatable bonds is 3. The maximum absolute atomic E-state index is 11.8. The van der Waals surface area contributed by atoms with E-state index < -0.39 is 5.91 Å². The number of thioether (sulfide) groups is 1. The highest BCUT2D eigenvalue weighted by atomic mass is 32.2. The molecule has 2 heterocycles. The van der Waals surface area contributed by atoms with Gasteiger partial charge in [0.2, 0.25) is 11.1 Å². The van der Waals surface area contributed by atoms with Gasteiger partial charge in [-0.15, -0.1) is 10.2 Å². The number of aromatic nitrogens is 3. The van der Waals surface area contributed by atoms with Crippen molar-refractivity contribution < 1.29 is 4.79 Å². The van der Waals surface area contributed by atoms with Crippen molar-refractivity contribution in [3.8, 4) is 0 Å². The third kappa shape index (κ3) is 3.39. The monoisotopic (exact) mass is 269 g/mol. The summed E-state index contributed by atoms with van der Waals surface area (Å²) in [5.74, 6) is 0.205. The van der Waals surface area contributed by atoms with E-state index in [1.54, 1.807) is 6.21 Å². The number of hydrogen-bond donors (Lipinski definition) is 1. The summed E-state index contributed by atoms with van der Waals surface area (Å²) in [5.41, 5.74) is 4.87. The van der Waals surface area contributed by atoms with Crippen LogP contribution in [0.2, 0.25) is 0 Å². The Morgan fingerprint density at radius 2 is 2.22 bits per heavy atom. The Balaban J connectivity index is 0.000000771. The molecule has 0 bridgehead atoms. The molecule has 0 unspecified atom stereocenters. The molecule has 2 N–H and O–H groups in total. The number of hydrogen-bond acceptors (Lipinski definition) is 6. The predicted octanol–water partition coefficient (Wildman–Crippen LogP) is 0.0220. The van der Waals surface area contributed by atoms with E-state index in [1.165, 1.54) is 16.4 Å². The number of nitrogens with zero attached hydrogens (tertiary/aromatic N) is 4. The highest BCUT2D eigenvalue weighted by molar-refractivity contribution is 7.99. The molecular formula is C10H15N5O2S. The number of aryl methyl sites for hydroxylation is 1. The Bertz CT molecular complexity index is 511. The molecule has 98 valence electrons. The molecule has 0 saturated carbocycles. The van der Waals surface area contributed by atoms with Gasteiger partial charge in [0.1, 0.15) is 5.69 Å². The Labute approximate surface area is 108 Å². The van der Waals surface area contributed by atoms with Crippen molar-refractivity contribution >= 4 is 23.9 Å². The van der Waals surface area contributed by atoms with Crippen LogP contribution in [0.1, 0.15) is 26.0 Å². The van der Waals surface area contributed by atoms with Gasteiger partial charge in [-0.1, -0.05) is 25.6 Å². The second-order valence-corrected chi connectivity index (χ2v) is 4.11. The number of amides is 1. The van der Waals surface area contributed by atoms with Gasteiger partial charge < -0.3 is 5.73 Å². The number of fused-ring (bicyclic) bond motifs is 1. The van der Waals surface area contributed by atoms with Crippen LogP contribution in [0, 0.1) is 0 Å². The summed E-state index contributed by atoms with van der Waals surface area (Å²) in [6, 6.07) is 0. The first-order chi connectivity index (χ1) is 8.68. The van der Waals surface area contributed by atoms with Crippen molar-refractivity contribution in [1.29, 1.82) is 0 Å². The molecule has 1 aliphatic rings. The van der Waals surface area contributed by atoms with Crippen molar-refractivity contribution in [2.45, 2.75) is 31.8 Å². The molecule has 2 rings (SSSR count). The molecule has 1 aromatic rings. The minimum absolute atomic E-state index is 0.0835. The van der Waals surface area contributed by atoms with Gasteiger partial charge in [0, 0.05) is 24.8 Å². The summed E-state index contributed by atoms with van der Waals surface area (Å²) < 4.78 is 1.19. The number of carbonyl (C=O) groups is 1. The van der Waals surface area contributed by atoms with Gasteiger partial charge in [-0.3, -0.25) is 9.59 Å². The zero-order valence-electron chi connectivity index (χ0n) is 10.3.